The van der Waals surface area contributed by atoms with Crippen LogP contribution in [0.15, 0.2) is 12.2 Å². The molecule has 1 aliphatic carbocycles. The Morgan fingerprint density at radius 1 is 1.36 bits per heavy atom. The van der Waals surface area contributed by atoms with Crippen molar-refractivity contribution < 1.29 is 19.8 Å². The maximum atomic E-state index is 11.1. The number of carbonyl (C=O) groups excluding carboxylic acids is 1. The first-order chi connectivity index (χ1) is 6.58. The third kappa shape index (κ3) is 2.56. The van der Waals surface area contributed by atoms with E-state index in [0.717, 1.165) is 31.4 Å². The summed E-state index contributed by atoms with van der Waals surface area (Å²) in [5, 5.41) is 19.9. The number of hydrogen-bond acceptors (Lipinski definition) is 3. The number of carboxylic acids is 1. The average molecular weight is 199 g/mol. The predicted octanol–water partition coefficient (Wildman–Crippen LogP) is -0.342. The van der Waals surface area contributed by atoms with Gasteiger partial charge in [-0.1, -0.05) is 0 Å². The van der Waals surface area contributed by atoms with Crippen LogP contribution in [-0.4, -0.2) is 34.2 Å². The highest BCUT2D eigenvalue weighted by Gasteiger charge is 2.37. The topological polar surface area (TPSA) is 86.6 Å². The largest absolute Gasteiger partial charge is 0.478 e. The van der Waals surface area contributed by atoms with Gasteiger partial charge in [-0.15, -0.1) is 0 Å². The minimum atomic E-state index is -1.16. The highest BCUT2D eigenvalue weighted by molar-refractivity contribution is 5.94. The third-order valence-electron chi connectivity index (χ3n) is 2.38. The summed E-state index contributed by atoms with van der Waals surface area (Å²) in [6.45, 7) is -0.0976. The number of amides is 1. The fraction of sp³-hybridized carbons (Fsp3) is 0.556. The van der Waals surface area contributed by atoms with Gasteiger partial charge >= 0.3 is 5.97 Å². The molecular weight excluding hydrogens is 186 g/mol. The normalized spacial score (nSPS) is 18.9. The van der Waals surface area contributed by atoms with Crippen LogP contribution in [0.1, 0.15) is 19.3 Å². The van der Waals surface area contributed by atoms with Crippen LogP contribution in [0.2, 0.25) is 0 Å². The molecule has 0 atom stereocenters. The van der Waals surface area contributed by atoms with Crippen LogP contribution < -0.4 is 5.32 Å². The summed E-state index contributed by atoms with van der Waals surface area (Å²) in [6, 6.07) is 0. The van der Waals surface area contributed by atoms with Crippen molar-refractivity contribution in [3.05, 3.63) is 12.2 Å². The van der Waals surface area contributed by atoms with Gasteiger partial charge in [0.05, 0.1) is 12.1 Å². The SMILES string of the molecule is O=C(O)/C=C/C(=O)NC1(CO)CCC1. The van der Waals surface area contributed by atoms with Gasteiger partial charge in [0, 0.05) is 12.2 Å². The molecule has 0 heterocycles. The minimum absolute atomic E-state index is 0.0976. The monoisotopic (exact) mass is 199 g/mol. The van der Waals surface area contributed by atoms with Crippen molar-refractivity contribution in [2.45, 2.75) is 24.8 Å². The van der Waals surface area contributed by atoms with Crippen molar-refractivity contribution in [3.8, 4) is 0 Å². The van der Waals surface area contributed by atoms with Crippen molar-refractivity contribution in [2.75, 3.05) is 6.61 Å². The third-order valence-corrected chi connectivity index (χ3v) is 2.38. The Labute approximate surface area is 81.4 Å². The lowest BCUT2D eigenvalue weighted by atomic mass is 9.77. The second-order valence-electron chi connectivity index (χ2n) is 3.45. The zero-order valence-electron chi connectivity index (χ0n) is 7.69. The minimum Gasteiger partial charge on any atom is -0.478 e. The summed E-state index contributed by atoms with van der Waals surface area (Å²) in [5.74, 6) is -1.63. The van der Waals surface area contributed by atoms with Crippen LogP contribution in [0.4, 0.5) is 0 Å². The number of nitrogens with one attached hydrogen (secondary N) is 1. The maximum absolute atomic E-state index is 11.1. The molecule has 0 unspecified atom stereocenters. The van der Waals surface area contributed by atoms with E-state index in [-0.39, 0.29) is 6.61 Å². The van der Waals surface area contributed by atoms with E-state index in [1.54, 1.807) is 0 Å². The number of carboxylic acid groups (broad SMARTS) is 1. The predicted molar refractivity (Wildman–Crippen MR) is 48.6 cm³/mol. The van der Waals surface area contributed by atoms with Crippen LogP contribution in [0.5, 0.6) is 0 Å². The van der Waals surface area contributed by atoms with Gasteiger partial charge in [0.15, 0.2) is 0 Å². The van der Waals surface area contributed by atoms with Crippen molar-refractivity contribution in [2.24, 2.45) is 0 Å². The van der Waals surface area contributed by atoms with Crippen LogP contribution in [0, 0.1) is 0 Å². The molecule has 1 rings (SSSR count). The van der Waals surface area contributed by atoms with Gasteiger partial charge in [0.2, 0.25) is 5.91 Å². The maximum Gasteiger partial charge on any atom is 0.328 e. The second-order valence-corrected chi connectivity index (χ2v) is 3.45. The van der Waals surface area contributed by atoms with Crippen LogP contribution in [0.25, 0.3) is 0 Å². The van der Waals surface area contributed by atoms with E-state index in [0.29, 0.717) is 0 Å². The second kappa shape index (κ2) is 4.23. The molecule has 0 aliphatic heterocycles. The molecule has 5 heteroatoms. The Hall–Kier alpha value is -1.36. The fourth-order valence-electron chi connectivity index (χ4n) is 1.38. The van der Waals surface area contributed by atoms with Gasteiger partial charge < -0.3 is 15.5 Å². The van der Waals surface area contributed by atoms with Gasteiger partial charge in [-0.25, -0.2) is 4.79 Å². The van der Waals surface area contributed by atoms with E-state index in [1.165, 1.54) is 0 Å². The average Bonchev–Trinajstić information content (AvgIpc) is 2.08. The Balaban J connectivity index is 2.43. The first kappa shape index (κ1) is 10.7. The van der Waals surface area contributed by atoms with Crippen LogP contribution in [0.3, 0.4) is 0 Å². The molecule has 1 aliphatic rings. The Kier molecular flexibility index (Phi) is 3.24. The molecule has 3 N–H and O–H groups in total. The Morgan fingerprint density at radius 3 is 2.36 bits per heavy atom. The zero-order valence-corrected chi connectivity index (χ0v) is 7.69. The number of hydrogen-bond donors (Lipinski definition) is 3. The van der Waals surface area contributed by atoms with Crippen LogP contribution in [-0.2, 0) is 9.59 Å². The number of aliphatic hydroxyl groups excluding tert-OH is 1. The number of rotatable bonds is 4. The van der Waals surface area contributed by atoms with Crippen LogP contribution >= 0.6 is 0 Å². The highest BCUT2D eigenvalue weighted by Crippen LogP contribution is 2.30. The molecule has 1 saturated carbocycles. The summed E-state index contributed by atoms with van der Waals surface area (Å²) < 4.78 is 0. The summed E-state index contributed by atoms with van der Waals surface area (Å²) in [5.41, 5.74) is -0.514. The lowest BCUT2D eigenvalue weighted by Crippen LogP contribution is -2.55. The molecule has 0 saturated heterocycles. The molecule has 1 amide bonds. The first-order valence-electron chi connectivity index (χ1n) is 4.42. The number of aliphatic hydroxyl groups is 1. The molecule has 0 aromatic heterocycles. The van der Waals surface area contributed by atoms with Gasteiger partial charge in [0.1, 0.15) is 0 Å². The highest BCUT2D eigenvalue weighted by atomic mass is 16.4. The lowest BCUT2D eigenvalue weighted by molar-refractivity contribution is -0.131. The summed E-state index contributed by atoms with van der Waals surface area (Å²) >= 11 is 0. The molecule has 1 fully saturated rings. The zero-order chi connectivity index (χ0) is 10.6. The Bertz CT molecular complexity index is 262. The van der Waals surface area contributed by atoms with E-state index in [9.17, 15) is 9.59 Å². The summed E-state index contributed by atoms with van der Waals surface area (Å²) in [7, 11) is 0. The quantitative estimate of drug-likeness (QED) is 0.540. The number of aliphatic carboxylic acids is 1. The van der Waals surface area contributed by atoms with E-state index >= 15 is 0 Å². The van der Waals surface area contributed by atoms with Gasteiger partial charge in [-0.3, -0.25) is 4.79 Å². The number of carbonyl (C=O) groups is 2. The molecular formula is C9H13NO4. The standard InChI is InChI=1S/C9H13NO4/c11-6-9(4-1-5-9)10-7(12)2-3-8(13)14/h2-3,11H,1,4-6H2,(H,10,12)(H,13,14)/b3-2+. The molecule has 0 spiro atoms. The molecule has 0 radical (unpaired) electrons. The van der Waals surface area contributed by atoms with E-state index in [4.69, 9.17) is 10.2 Å². The first-order valence-corrected chi connectivity index (χ1v) is 4.42. The lowest BCUT2D eigenvalue weighted by Gasteiger charge is -2.40. The van der Waals surface area contributed by atoms with Gasteiger partial charge in [0.25, 0.3) is 0 Å². The Morgan fingerprint density at radius 2 is 2.00 bits per heavy atom. The van der Waals surface area contributed by atoms with E-state index in [2.05, 4.69) is 5.32 Å². The fourth-order valence-corrected chi connectivity index (χ4v) is 1.38. The molecule has 14 heavy (non-hydrogen) atoms. The molecule has 0 aromatic rings. The molecule has 78 valence electrons. The summed E-state index contributed by atoms with van der Waals surface area (Å²) in [6.07, 6.45) is 4.20. The van der Waals surface area contributed by atoms with Gasteiger partial charge in [-0.05, 0) is 19.3 Å². The summed E-state index contributed by atoms with van der Waals surface area (Å²) in [4.78, 5) is 21.2. The van der Waals surface area contributed by atoms with Crippen molar-refractivity contribution in [1.29, 1.82) is 0 Å². The van der Waals surface area contributed by atoms with Gasteiger partial charge in [-0.2, -0.15) is 0 Å². The van der Waals surface area contributed by atoms with E-state index < -0.39 is 17.4 Å². The van der Waals surface area contributed by atoms with Crippen molar-refractivity contribution >= 4 is 11.9 Å². The molecule has 0 bridgehead atoms. The molecule has 5 nitrogen and oxygen atoms in total. The van der Waals surface area contributed by atoms with E-state index in [1.807, 2.05) is 0 Å². The van der Waals surface area contributed by atoms with Crippen molar-refractivity contribution in [1.82, 2.24) is 5.32 Å². The van der Waals surface area contributed by atoms with Crippen molar-refractivity contribution in [3.63, 3.8) is 0 Å². The smallest absolute Gasteiger partial charge is 0.328 e. The molecule has 0 aromatic carbocycles.